The van der Waals surface area contributed by atoms with Gasteiger partial charge in [0.25, 0.3) is 5.91 Å². The zero-order valence-electron chi connectivity index (χ0n) is 25.7. The number of likely N-dealkylation sites (tertiary alicyclic amines) is 1. The van der Waals surface area contributed by atoms with Gasteiger partial charge in [-0.2, -0.15) is 5.10 Å². The van der Waals surface area contributed by atoms with Crippen LogP contribution in [0.25, 0.3) is 23.1 Å². The van der Waals surface area contributed by atoms with Crippen LogP contribution < -0.4 is 20.1 Å². The molecule has 232 valence electrons. The summed E-state index contributed by atoms with van der Waals surface area (Å²) in [7, 11) is 1.57. The third-order valence-corrected chi connectivity index (χ3v) is 8.26. The Bertz CT molecular complexity index is 1650. The Balaban J connectivity index is 1.31. The number of fused-ring (bicyclic) bond motifs is 1. The van der Waals surface area contributed by atoms with Crippen LogP contribution in [0.1, 0.15) is 53.7 Å². The van der Waals surface area contributed by atoms with Crippen molar-refractivity contribution in [2.45, 2.75) is 45.8 Å². The molecule has 0 spiro atoms. The largest absolute Gasteiger partial charge is 0.491 e. The summed E-state index contributed by atoms with van der Waals surface area (Å²) in [6.07, 6.45) is 4.27. The number of benzene rings is 2. The number of methoxy groups -OCH3 is 1. The molecule has 3 N–H and O–H groups in total. The third kappa shape index (κ3) is 7.59. The number of nitrogens with zero attached hydrogens (tertiary/aromatic N) is 2. The summed E-state index contributed by atoms with van der Waals surface area (Å²) in [5, 5.41) is 16.4. The average molecular weight is 618 g/mol. The van der Waals surface area contributed by atoms with E-state index >= 15 is 0 Å². The molecule has 2 aromatic heterocycles. The minimum absolute atomic E-state index is 0.0274. The van der Waals surface area contributed by atoms with Crippen LogP contribution >= 0.6 is 11.3 Å². The normalized spacial score (nSPS) is 15.5. The van der Waals surface area contributed by atoms with Crippen molar-refractivity contribution in [3.05, 3.63) is 69.5 Å². The van der Waals surface area contributed by atoms with E-state index in [-0.39, 0.29) is 11.9 Å². The second-order valence-electron chi connectivity index (χ2n) is 11.7. The number of carbonyl (C=O) groups is 2. The number of anilines is 1. The zero-order valence-corrected chi connectivity index (χ0v) is 26.5. The van der Waals surface area contributed by atoms with Gasteiger partial charge < -0.3 is 24.8 Å². The quantitative estimate of drug-likeness (QED) is 0.190. The number of rotatable bonds is 10. The number of H-pyrrole nitrogens is 1. The lowest BCUT2D eigenvalue weighted by Gasteiger charge is -2.22. The molecule has 0 aliphatic carbocycles. The molecule has 5 rings (SSSR count). The van der Waals surface area contributed by atoms with E-state index in [1.807, 2.05) is 87.7 Å². The van der Waals surface area contributed by atoms with Crippen LogP contribution in [-0.4, -0.2) is 72.1 Å². The topological polar surface area (TPSA) is 118 Å². The number of aryl methyl sites for hydroxylation is 1. The maximum Gasteiger partial charge on any atom is 0.407 e. The van der Waals surface area contributed by atoms with Crippen molar-refractivity contribution in [2.75, 3.05) is 38.7 Å². The molecule has 0 bridgehead atoms. The first-order chi connectivity index (χ1) is 21.1. The molecule has 1 aliphatic heterocycles. The van der Waals surface area contributed by atoms with Gasteiger partial charge in [-0.1, -0.05) is 24.3 Å². The first-order valence-electron chi connectivity index (χ1n) is 14.6. The minimum Gasteiger partial charge on any atom is -0.491 e. The molecule has 1 saturated heterocycles. The zero-order chi connectivity index (χ0) is 31.3. The highest BCUT2D eigenvalue weighted by Gasteiger charge is 2.26. The van der Waals surface area contributed by atoms with Crippen LogP contribution in [0.4, 0.5) is 10.5 Å². The van der Waals surface area contributed by atoms with Crippen molar-refractivity contribution in [3.63, 3.8) is 0 Å². The highest BCUT2D eigenvalue weighted by molar-refractivity contribution is 7.12. The lowest BCUT2D eigenvalue weighted by Crippen LogP contribution is -2.40. The summed E-state index contributed by atoms with van der Waals surface area (Å²) in [5.74, 6) is 0.747. The Morgan fingerprint density at radius 1 is 1.16 bits per heavy atom. The van der Waals surface area contributed by atoms with Gasteiger partial charge in [-0.05, 0) is 75.4 Å². The fourth-order valence-electron chi connectivity index (χ4n) is 5.13. The van der Waals surface area contributed by atoms with Gasteiger partial charge in [0, 0.05) is 36.6 Å². The Morgan fingerprint density at radius 2 is 1.98 bits per heavy atom. The van der Waals surface area contributed by atoms with Crippen molar-refractivity contribution in [1.82, 2.24) is 20.4 Å². The second kappa shape index (κ2) is 13.5. The van der Waals surface area contributed by atoms with Gasteiger partial charge in [0.05, 0.1) is 28.9 Å². The fraction of sp³-hybridized carbons (Fsp3) is 0.364. The number of nitrogens with one attached hydrogen (secondary N) is 3. The van der Waals surface area contributed by atoms with Gasteiger partial charge in [-0.25, -0.2) is 4.79 Å². The molecule has 44 heavy (non-hydrogen) atoms. The second-order valence-corrected chi connectivity index (χ2v) is 12.6. The predicted octanol–water partition coefficient (Wildman–Crippen LogP) is 6.34. The van der Waals surface area contributed by atoms with Crippen molar-refractivity contribution in [1.29, 1.82) is 0 Å². The lowest BCUT2D eigenvalue weighted by atomic mass is 10.1. The van der Waals surface area contributed by atoms with Gasteiger partial charge in [-0.15, -0.1) is 11.3 Å². The van der Waals surface area contributed by atoms with E-state index in [4.69, 9.17) is 14.2 Å². The summed E-state index contributed by atoms with van der Waals surface area (Å²) in [6.45, 7) is 10.1. The van der Waals surface area contributed by atoms with Gasteiger partial charge in [0.1, 0.15) is 12.2 Å². The van der Waals surface area contributed by atoms with Crippen LogP contribution in [0.15, 0.2) is 47.8 Å². The molecule has 10 nitrogen and oxygen atoms in total. The van der Waals surface area contributed by atoms with Crippen LogP contribution in [0.3, 0.4) is 0 Å². The summed E-state index contributed by atoms with van der Waals surface area (Å²) in [4.78, 5) is 28.4. The maximum absolute atomic E-state index is 13.3. The molecule has 1 atom stereocenters. The number of aromatic amines is 1. The number of ether oxygens (including phenoxy) is 3. The van der Waals surface area contributed by atoms with Crippen molar-refractivity contribution < 1.29 is 23.8 Å². The van der Waals surface area contributed by atoms with Crippen molar-refractivity contribution in [3.8, 4) is 11.5 Å². The van der Waals surface area contributed by atoms with Crippen LogP contribution in [0, 0.1) is 6.92 Å². The maximum atomic E-state index is 13.3. The van der Waals surface area contributed by atoms with E-state index in [1.54, 1.807) is 7.11 Å². The monoisotopic (exact) mass is 617 g/mol. The Hall–Kier alpha value is -4.35. The van der Waals surface area contributed by atoms with Crippen LogP contribution in [0.2, 0.25) is 0 Å². The van der Waals surface area contributed by atoms with Crippen LogP contribution in [-0.2, 0) is 4.74 Å². The number of para-hydroxylation sites is 1. The highest BCUT2D eigenvalue weighted by Crippen LogP contribution is 2.40. The minimum atomic E-state index is -0.533. The SMILES string of the molecule is COc1c(OCCN2CCC(NC(=O)OC(C)(C)C)C2)ccc(/C=C/c2n[nH]c3ccccc23)c1NC(=O)c1sccc1C. The molecule has 1 fully saturated rings. The van der Waals surface area contributed by atoms with E-state index in [2.05, 4.69) is 25.7 Å². The molecule has 0 radical (unpaired) electrons. The van der Waals surface area contributed by atoms with E-state index in [0.29, 0.717) is 41.8 Å². The van der Waals surface area contributed by atoms with Gasteiger partial charge >= 0.3 is 6.09 Å². The van der Waals surface area contributed by atoms with E-state index in [9.17, 15) is 9.59 Å². The first-order valence-corrected chi connectivity index (χ1v) is 15.5. The molecule has 2 amide bonds. The third-order valence-electron chi connectivity index (χ3n) is 7.24. The number of thiophene rings is 1. The number of hydrogen-bond acceptors (Lipinski definition) is 8. The summed E-state index contributed by atoms with van der Waals surface area (Å²) >= 11 is 1.39. The smallest absolute Gasteiger partial charge is 0.407 e. The Kier molecular flexibility index (Phi) is 9.55. The van der Waals surface area contributed by atoms with E-state index in [1.165, 1.54) is 11.3 Å². The number of amides is 2. The van der Waals surface area contributed by atoms with Crippen molar-refractivity contribution in [2.24, 2.45) is 0 Å². The molecule has 11 heteroatoms. The molecular weight excluding hydrogens is 578 g/mol. The van der Waals surface area contributed by atoms with Gasteiger partial charge in [0.2, 0.25) is 0 Å². The van der Waals surface area contributed by atoms with Crippen LogP contribution in [0.5, 0.6) is 11.5 Å². The van der Waals surface area contributed by atoms with E-state index < -0.39 is 11.7 Å². The Labute approximate surface area is 261 Å². The molecule has 3 heterocycles. The molecule has 1 aliphatic rings. The molecule has 0 saturated carbocycles. The number of aromatic nitrogens is 2. The molecule has 4 aromatic rings. The fourth-order valence-corrected chi connectivity index (χ4v) is 5.95. The summed E-state index contributed by atoms with van der Waals surface area (Å²) in [6, 6.07) is 13.6. The number of hydrogen-bond donors (Lipinski definition) is 3. The highest BCUT2D eigenvalue weighted by atomic mass is 32.1. The standard InChI is InChI=1S/C33H39N5O5S/c1-21-15-19-44-30(21)31(39)35-28-22(10-12-26-24-8-6-7-9-25(24)36-37-26)11-13-27(29(28)41-5)42-18-17-38-16-14-23(20-38)34-32(40)43-33(2,3)4/h6-13,15,19,23H,14,16-18,20H2,1-5H3,(H,34,40)(H,35,39)(H,36,37)/b12-10+. The predicted molar refractivity (Wildman–Crippen MR) is 175 cm³/mol. The number of alkyl carbamates (subject to hydrolysis) is 1. The first kappa shape index (κ1) is 31.1. The van der Waals surface area contributed by atoms with Crippen molar-refractivity contribution >= 4 is 52.1 Å². The molecular formula is C33H39N5O5S. The lowest BCUT2D eigenvalue weighted by molar-refractivity contribution is 0.0505. The van der Waals surface area contributed by atoms with E-state index in [0.717, 1.165) is 40.7 Å². The Morgan fingerprint density at radius 3 is 2.73 bits per heavy atom. The number of carbonyl (C=O) groups excluding carboxylic acids is 2. The summed E-state index contributed by atoms with van der Waals surface area (Å²) < 4.78 is 17.4. The molecule has 2 aromatic carbocycles. The average Bonchev–Trinajstić information content (AvgIpc) is 3.71. The van der Waals surface area contributed by atoms with Gasteiger partial charge in [0.15, 0.2) is 11.5 Å². The molecule has 1 unspecified atom stereocenters. The summed E-state index contributed by atoms with van der Waals surface area (Å²) in [5.41, 5.74) is 3.37. The van der Waals surface area contributed by atoms with Gasteiger partial charge in [-0.3, -0.25) is 14.8 Å².